The van der Waals surface area contributed by atoms with Crippen LogP contribution in [0.2, 0.25) is 0 Å². The fourth-order valence-electron chi connectivity index (χ4n) is 1.56. The highest BCUT2D eigenvalue weighted by Gasteiger charge is 2.00. The van der Waals surface area contributed by atoms with Crippen molar-refractivity contribution in [3.05, 3.63) is 0 Å². The summed E-state index contributed by atoms with van der Waals surface area (Å²) in [7, 11) is 0. The van der Waals surface area contributed by atoms with Crippen molar-refractivity contribution in [3.63, 3.8) is 0 Å². The van der Waals surface area contributed by atoms with Gasteiger partial charge in [-0.05, 0) is 33.4 Å². The highest BCUT2D eigenvalue weighted by atomic mass is 15.2. The Morgan fingerprint density at radius 2 is 1.62 bits per heavy atom. The minimum atomic E-state index is 0.864. The Kier molecular flexibility index (Phi) is 10.2. The van der Waals surface area contributed by atoms with Gasteiger partial charge in [-0.15, -0.1) is 0 Å². The van der Waals surface area contributed by atoms with Crippen molar-refractivity contribution in [1.82, 2.24) is 15.5 Å². The van der Waals surface area contributed by atoms with E-state index in [2.05, 4.69) is 48.2 Å². The predicted molar refractivity (Wildman–Crippen MR) is 72.1 cm³/mol. The number of nitrogens with one attached hydrogen (secondary N) is 2. The van der Waals surface area contributed by atoms with Gasteiger partial charge in [0.2, 0.25) is 0 Å². The van der Waals surface area contributed by atoms with E-state index in [0.29, 0.717) is 0 Å². The molecule has 0 atom stereocenters. The second-order valence-corrected chi connectivity index (χ2v) is 3.73. The number of nitrogens with zero attached hydrogens (tertiary/aromatic N) is 2. The van der Waals surface area contributed by atoms with Gasteiger partial charge in [0.25, 0.3) is 0 Å². The van der Waals surface area contributed by atoms with Gasteiger partial charge in [0, 0.05) is 19.6 Å². The molecule has 96 valence electrons. The van der Waals surface area contributed by atoms with Crippen molar-refractivity contribution in [3.8, 4) is 0 Å². The summed E-state index contributed by atoms with van der Waals surface area (Å²) < 4.78 is 0. The van der Waals surface area contributed by atoms with E-state index in [0.717, 1.165) is 38.7 Å². The van der Waals surface area contributed by atoms with Gasteiger partial charge in [-0.1, -0.05) is 13.8 Å². The number of aliphatic imine (C=N–C) groups is 1. The van der Waals surface area contributed by atoms with Gasteiger partial charge in [-0.3, -0.25) is 4.99 Å². The van der Waals surface area contributed by atoms with Crippen LogP contribution in [0, 0.1) is 0 Å². The smallest absolute Gasteiger partial charge is 0.191 e. The average molecular weight is 228 g/mol. The van der Waals surface area contributed by atoms with E-state index in [4.69, 9.17) is 0 Å². The number of guanidine groups is 1. The topological polar surface area (TPSA) is 39.7 Å². The number of likely N-dealkylation sites (N-methyl/N-ethyl adjacent to an activating group) is 1. The molecule has 0 aliphatic heterocycles. The van der Waals surface area contributed by atoms with E-state index in [1.165, 1.54) is 13.0 Å². The molecule has 0 rings (SSSR count). The lowest BCUT2D eigenvalue weighted by Crippen LogP contribution is -2.38. The maximum atomic E-state index is 4.53. The Balaban J connectivity index is 3.90. The average Bonchev–Trinajstić information content (AvgIpc) is 2.28. The number of hydrogen-bond acceptors (Lipinski definition) is 2. The summed E-state index contributed by atoms with van der Waals surface area (Å²) in [6.45, 7) is 14.6. The molecular formula is C12H28N4. The lowest BCUT2D eigenvalue weighted by molar-refractivity contribution is 0.297. The molecule has 0 aliphatic rings. The second-order valence-electron chi connectivity index (χ2n) is 3.73. The van der Waals surface area contributed by atoms with E-state index in [1.807, 2.05) is 0 Å². The molecule has 0 aromatic heterocycles. The summed E-state index contributed by atoms with van der Waals surface area (Å²) in [5, 5.41) is 6.46. The van der Waals surface area contributed by atoms with Crippen molar-refractivity contribution in [2.45, 2.75) is 34.1 Å². The number of hydrogen-bond donors (Lipinski definition) is 2. The second kappa shape index (κ2) is 10.7. The largest absolute Gasteiger partial charge is 0.357 e. The van der Waals surface area contributed by atoms with Crippen LogP contribution < -0.4 is 10.6 Å². The monoisotopic (exact) mass is 228 g/mol. The van der Waals surface area contributed by atoms with Crippen LogP contribution in [0.25, 0.3) is 0 Å². The first-order chi connectivity index (χ1) is 7.78. The van der Waals surface area contributed by atoms with Gasteiger partial charge in [0.1, 0.15) is 0 Å². The molecule has 0 amide bonds. The third-order valence-electron chi connectivity index (χ3n) is 2.36. The quantitative estimate of drug-likeness (QED) is 0.486. The summed E-state index contributed by atoms with van der Waals surface area (Å²) in [4.78, 5) is 6.96. The lowest BCUT2D eigenvalue weighted by atomic mass is 10.4. The first-order valence-corrected chi connectivity index (χ1v) is 6.52. The van der Waals surface area contributed by atoms with Crippen molar-refractivity contribution < 1.29 is 0 Å². The third-order valence-corrected chi connectivity index (χ3v) is 2.36. The Hall–Kier alpha value is -0.770. The van der Waals surface area contributed by atoms with Crippen LogP contribution in [-0.4, -0.2) is 50.1 Å². The predicted octanol–water partition coefficient (Wildman–Crippen LogP) is 1.29. The fourth-order valence-corrected chi connectivity index (χ4v) is 1.56. The molecule has 0 saturated carbocycles. The zero-order valence-corrected chi connectivity index (χ0v) is 11.3. The maximum Gasteiger partial charge on any atom is 0.191 e. The molecule has 0 fully saturated rings. The molecule has 0 aromatic carbocycles. The van der Waals surface area contributed by atoms with Crippen LogP contribution >= 0.6 is 0 Å². The molecule has 4 nitrogen and oxygen atoms in total. The normalized spacial score (nSPS) is 10.3. The molecule has 0 saturated heterocycles. The van der Waals surface area contributed by atoms with Crippen LogP contribution in [0.3, 0.4) is 0 Å². The molecule has 16 heavy (non-hydrogen) atoms. The van der Waals surface area contributed by atoms with Crippen LogP contribution in [0.15, 0.2) is 4.99 Å². The molecule has 0 unspecified atom stereocenters. The zero-order chi connectivity index (χ0) is 12.2. The molecule has 0 aromatic rings. The van der Waals surface area contributed by atoms with E-state index >= 15 is 0 Å². The molecule has 0 radical (unpaired) electrons. The van der Waals surface area contributed by atoms with Crippen LogP contribution in [0.5, 0.6) is 0 Å². The van der Waals surface area contributed by atoms with Crippen molar-refractivity contribution >= 4 is 5.96 Å². The van der Waals surface area contributed by atoms with Gasteiger partial charge in [0.15, 0.2) is 5.96 Å². The maximum absolute atomic E-state index is 4.53. The molecule has 2 N–H and O–H groups in total. The van der Waals surface area contributed by atoms with Gasteiger partial charge < -0.3 is 15.5 Å². The van der Waals surface area contributed by atoms with Crippen LogP contribution in [0.1, 0.15) is 34.1 Å². The minimum absolute atomic E-state index is 0.864. The summed E-state index contributed by atoms with van der Waals surface area (Å²) in [5.74, 6) is 0.928. The molecule has 4 heteroatoms. The number of rotatable bonds is 8. The minimum Gasteiger partial charge on any atom is -0.357 e. The van der Waals surface area contributed by atoms with Gasteiger partial charge in [-0.25, -0.2) is 0 Å². The van der Waals surface area contributed by atoms with Gasteiger partial charge >= 0.3 is 0 Å². The Morgan fingerprint density at radius 1 is 1.00 bits per heavy atom. The zero-order valence-electron chi connectivity index (χ0n) is 11.3. The van der Waals surface area contributed by atoms with Crippen molar-refractivity contribution in [2.24, 2.45) is 4.99 Å². The first-order valence-electron chi connectivity index (χ1n) is 6.52. The molecule has 0 aliphatic carbocycles. The highest BCUT2D eigenvalue weighted by molar-refractivity contribution is 5.79. The summed E-state index contributed by atoms with van der Waals surface area (Å²) in [6.07, 6.45) is 1.21. The fraction of sp³-hybridized carbons (Fsp3) is 0.917. The van der Waals surface area contributed by atoms with Crippen LogP contribution in [-0.2, 0) is 0 Å². The molecular weight excluding hydrogens is 200 g/mol. The van der Waals surface area contributed by atoms with Gasteiger partial charge in [-0.2, -0.15) is 0 Å². The molecule has 0 spiro atoms. The Labute approximate surface area is 101 Å². The summed E-state index contributed by atoms with van der Waals surface area (Å²) in [5.41, 5.74) is 0. The molecule has 0 heterocycles. The lowest BCUT2D eigenvalue weighted by Gasteiger charge is -2.18. The van der Waals surface area contributed by atoms with E-state index in [1.54, 1.807) is 0 Å². The summed E-state index contributed by atoms with van der Waals surface area (Å²) >= 11 is 0. The van der Waals surface area contributed by atoms with Crippen molar-refractivity contribution in [1.29, 1.82) is 0 Å². The SMILES string of the molecule is CCCN(CC)CCN=C(NCC)NCC. The Bertz CT molecular complexity index is 172. The van der Waals surface area contributed by atoms with E-state index in [9.17, 15) is 0 Å². The van der Waals surface area contributed by atoms with E-state index in [-0.39, 0.29) is 0 Å². The molecule has 0 bridgehead atoms. The summed E-state index contributed by atoms with van der Waals surface area (Å²) in [6, 6.07) is 0. The standard InChI is InChI=1S/C12H28N4/c1-5-10-16(8-4)11-9-15-12(13-6-2)14-7-3/h5-11H2,1-4H3,(H2,13,14,15). The Morgan fingerprint density at radius 3 is 2.06 bits per heavy atom. The highest BCUT2D eigenvalue weighted by Crippen LogP contribution is 1.90. The first kappa shape index (κ1) is 15.2. The van der Waals surface area contributed by atoms with Crippen LogP contribution in [0.4, 0.5) is 0 Å². The van der Waals surface area contributed by atoms with Crippen molar-refractivity contribution in [2.75, 3.05) is 39.3 Å². The van der Waals surface area contributed by atoms with E-state index < -0.39 is 0 Å². The van der Waals surface area contributed by atoms with Gasteiger partial charge in [0.05, 0.1) is 6.54 Å². The third kappa shape index (κ3) is 7.51.